The topological polar surface area (TPSA) is 95.9 Å². The Kier molecular flexibility index (Phi) is 59.4. The lowest BCUT2D eigenvalue weighted by molar-refractivity contribution is -0.143. The molecule has 0 radical (unpaired) electrons. The van der Waals surface area contributed by atoms with Crippen molar-refractivity contribution in [3.8, 4) is 0 Å². The first kappa shape index (κ1) is 68.9. The number of carbonyl (C=O) groups excluding carboxylic acids is 2. The molecule has 0 aromatic heterocycles. The van der Waals surface area contributed by atoms with E-state index in [1.54, 1.807) is 0 Å². The number of carbonyl (C=O) groups is 2. The average Bonchev–Trinajstić information content (AvgIpc) is 3.36. The number of hydrogen-bond acceptors (Lipinski definition) is 5. The number of nitrogens with one attached hydrogen (secondary N) is 1. The van der Waals surface area contributed by atoms with E-state index < -0.39 is 12.1 Å². The van der Waals surface area contributed by atoms with E-state index in [0.29, 0.717) is 25.9 Å². The number of rotatable bonds is 61. The number of esters is 1. The number of unbranched alkanes of at least 4 members (excludes halogenated alkanes) is 50. The third kappa shape index (κ3) is 56.2. The fourth-order valence-corrected chi connectivity index (χ4v) is 10.5. The van der Waals surface area contributed by atoms with E-state index in [-0.39, 0.29) is 18.5 Å². The van der Waals surface area contributed by atoms with E-state index in [4.69, 9.17) is 4.74 Å². The van der Waals surface area contributed by atoms with Crippen LogP contribution in [0.1, 0.15) is 373 Å². The van der Waals surface area contributed by atoms with E-state index in [1.807, 2.05) is 0 Å². The fourth-order valence-electron chi connectivity index (χ4n) is 10.5. The molecule has 0 saturated heterocycles. The summed E-state index contributed by atoms with van der Waals surface area (Å²) >= 11 is 0. The highest BCUT2D eigenvalue weighted by molar-refractivity contribution is 5.76. The third-order valence-corrected chi connectivity index (χ3v) is 15.4. The summed E-state index contributed by atoms with van der Waals surface area (Å²) in [5.74, 6) is -0.00930. The maximum atomic E-state index is 12.4. The monoisotopic (exact) mass is 990 g/mol. The smallest absolute Gasteiger partial charge is 0.305 e. The van der Waals surface area contributed by atoms with Crippen molar-refractivity contribution in [2.75, 3.05) is 13.2 Å². The molecule has 0 saturated carbocycles. The molecule has 6 heteroatoms. The van der Waals surface area contributed by atoms with Crippen LogP contribution in [0.15, 0.2) is 0 Å². The largest absolute Gasteiger partial charge is 0.466 e. The van der Waals surface area contributed by atoms with Crippen molar-refractivity contribution in [2.24, 2.45) is 0 Å². The van der Waals surface area contributed by atoms with Gasteiger partial charge in [0.15, 0.2) is 0 Å². The predicted octanol–water partition coefficient (Wildman–Crippen LogP) is 20.3. The number of amides is 1. The molecule has 0 fully saturated rings. The summed E-state index contributed by atoms with van der Waals surface area (Å²) in [5, 5.41) is 23.2. The Morgan fingerprint density at radius 1 is 0.343 bits per heavy atom. The fraction of sp³-hybridized carbons (Fsp3) is 0.969. The molecule has 0 aliphatic carbocycles. The van der Waals surface area contributed by atoms with E-state index in [0.717, 1.165) is 38.5 Å². The van der Waals surface area contributed by atoms with Gasteiger partial charge in [-0.2, -0.15) is 0 Å². The molecule has 0 spiro atoms. The number of aliphatic hydroxyl groups is 2. The summed E-state index contributed by atoms with van der Waals surface area (Å²) in [6.45, 7) is 4.97. The van der Waals surface area contributed by atoms with Gasteiger partial charge in [-0.3, -0.25) is 9.59 Å². The quantitative estimate of drug-likeness (QED) is 0.0417. The summed E-state index contributed by atoms with van der Waals surface area (Å²) in [7, 11) is 0. The SMILES string of the molecule is CCCCCCCCCCCCCCCCCCC(=O)OCCCCCCCCCCCCCCCCCCCCCCCCCCCCCC(=O)NC(CO)C(O)CCCCCCCCCCCC. The summed E-state index contributed by atoms with van der Waals surface area (Å²) in [6, 6.07) is -0.536. The lowest BCUT2D eigenvalue weighted by atomic mass is 10.0. The van der Waals surface area contributed by atoms with Crippen molar-refractivity contribution < 1.29 is 24.5 Å². The molecular formula is C64H127NO5. The van der Waals surface area contributed by atoms with Crippen LogP contribution in [0, 0.1) is 0 Å². The van der Waals surface area contributed by atoms with Gasteiger partial charge in [0.2, 0.25) is 5.91 Å². The van der Waals surface area contributed by atoms with Crippen LogP contribution in [0.5, 0.6) is 0 Å². The molecule has 0 aromatic rings. The molecule has 70 heavy (non-hydrogen) atoms. The second-order valence-corrected chi connectivity index (χ2v) is 22.5. The van der Waals surface area contributed by atoms with E-state index in [1.165, 1.54) is 302 Å². The van der Waals surface area contributed by atoms with Crippen LogP contribution in [0.3, 0.4) is 0 Å². The van der Waals surface area contributed by atoms with Crippen molar-refractivity contribution >= 4 is 11.9 Å². The maximum absolute atomic E-state index is 12.4. The normalized spacial score (nSPS) is 12.5. The van der Waals surface area contributed by atoms with Crippen LogP contribution >= 0.6 is 0 Å². The van der Waals surface area contributed by atoms with Crippen molar-refractivity contribution in [2.45, 2.75) is 386 Å². The minimum absolute atomic E-state index is 0.0224. The van der Waals surface area contributed by atoms with Crippen molar-refractivity contribution in [1.29, 1.82) is 0 Å². The standard InChI is InChI=1S/C64H127NO5/c1-3-5-7-9-11-13-15-16-17-32-35-38-42-46-50-54-58-64(69)70-59-55-51-47-43-39-36-33-30-28-26-24-22-20-18-19-21-23-25-27-29-31-34-37-41-45-49-53-57-63(68)65-61(60-66)62(67)56-52-48-44-40-14-12-10-8-6-4-2/h61-62,66-67H,3-60H2,1-2H3,(H,65,68). The van der Waals surface area contributed by atoms with Gasteiger partial charge in [-0.25, -0.2) is 0 Å². The highest BCUT2D eigenvalue weighted by atomic mass is 16.5. The molecule has 0 aromatic carbocycles. The van der Waals surface area contributed by atoms with Gasteiger partial charge in [0.1, 0.15) is 0 Å². The summed E-state index contributed by atoms with van der Waals surface area (Å²) in [6.07, 6.45) is 71.4. The number of hydrogen-bond donors (Lipinski definition) is 3. The van der Waals surface area contributed by atoms with E-state index >= 15 is 0 Å². The summed E-state index contributed by atoms with van der Waals surface area (Å²) in [5.41, 5.74) is 0. The average molecular weight is 991 g/mol. The Labute approximate surface area is 438 Å². The number of ether oxygens (including phenoxy) is 1. The predicted molar refractivity (Wildman–Crippen MR) is 306 cm³/mol. The van der Waals surface area contributed by atoms with Gasteiger partial charge in [0, 0.05) is 12.8 Å². The van der Waals surface area contributed by atoms with Crippen LogP contribution in [0.2, 0.25) is 0 Å². The van der Waals surface area contributed by atoms with Crippen LogP contribution in [-0.4, -0.2) is 47.4 Å². The van der Waals surface area contributed by atoms with Crippen LogP contribution in [-0.2, 0) is 14.3 Å². The molecule has 2 unspecified atom stereocenters. The minimum atomic E-state index is -0.659. The van der Waals surface area contributed by atoms with Gasteiger partial charge in [-0.05, 0) is 25.7 Å². The van der Waals surface area contributed by atoms with Crippen molar-refractivity contribution in [3.63, 3.8) is 0 Å². The molecule has 6 nitrogen and oxygen atoms in total. The number of aliphatic hydroxyl groups excluding tert-OH is 2. The molecule has 3 N–H and O–H groups in total. The van der Waals surface area contributed by atoms with Crippen molar-refractivity contribution in [1.82, 2.24) is 5.32 Å². The Morgan fingerprint density at radius 2 is 0.586 bits per heavy atom. The molecule has 418 valence electrons. The molecule has 0 aliphatic heterocycles. The third-order valence-electron chi connectivity index (χ3n) is 15.4. The Bertz CT molecular complexity index is 1010. The second-order valence-electron chi connectivity index (χ2n) is 22.5. The Balaban J connectivity index is 3.29. The summed E-state index contributed by atoms with van der Waals surface area (Å²) in [4.78, 5) is 24.5. The zero-order valence-corrected chi connectivity index (χ0v) is 47.8. The first-order chi connectivity index (χ1) is 34.5. The van der Waals surface area contributed by atoms with Gasteiger partial charge in [0.05, 0.1) is 25.4 Å². The molecule has 0 heterocycles. The maximum Gasteiger partial charge on any atom is 0.305 e. The van der Waals surface area contributed by atoms with E-state index in [9.17, 15) is 19.8 Å². The molecule has 0 bridgehead atoms. The molecule has 1 amide bonds. The van der Waals surface area contributed by atoms with Gasteiger partial charge >= 0.3 is 5.97 Å². The Morgan fingerprint density at radius 3 is 0.871 bits per heavy atom. The minimum Gasteiger partial charge on any atom is -0.466 e. The molecule has 2 atom stereocenters. The van der Waals surface area contributed by atoms with Gasteiger partial charge < -0.3 is 20.3 Å². The zero-order valence-electron chi connectivity index (χ0n) is 47.8. The lowest BCUT2D eigenvalue weighted by Crippen LogP contribution is -2.45. The Hall–Kier alpha value is -1.14. The molecule has 0 rings (SSSR count). The van der Waals surface area contributed by atoms with Crippen LogP contribution in [0.4, 0.5) is 0 Å². The lowest BCUT2D eigenvalue weighted by Gasteiger charge is -2.22. The first-order valence-corrected chi connectivity index (χ1v) is 32.3. The van der Waals surface area contributed by atoms with Crippen LogP contribution < -0.4 is 5.32 Å². The first-order valence-electron chi connectivity index (χ1n) is 32.3. The molecular weight excluding hydrogens is 863 g/mol. The highest BCUT2D eigenvalue weighted by Crippen LogP contribution is 2.19. The van der Waals surface area contributed by atoms with Gasteiger partial charge in [-0.15, -0.1) is 0 Å². The van der Waals surface area contributed by atoms with Gasteiger partial charge in [0.25, 0.3) is 0 Å². The van der Waals surface area contributed by atoms with Crippen molar-refractivity contribution in [3.05, 3.63) is 0 Å². The summed E-state index contributed by atoms with van der Waals surface area (Å²) < 4.78 is 5.50. The van der Waals surface area contributed by atoms with E-state index in [2.05, 4.69) is 19.2 Å². The zero-order chi connectivity index (χ0) is 50.7. The van der Waals surface area contributed by atoms with Gasteiger partial charge in [-0.1, -0.05) is 335 Å². The van der Waals surface area contributed by atoms with Crippen LogP contribution in [0.25, 0.3) is 0 Å². The molecule has 0 aliphatic rings. The highest BCUT2D eigenvalue weighted by Gasteiger charge is 2.20. The second kappa shape index (κ2) is 60.4.